The van der Waals surface area contributed by atoms with Crippen molar-refractivity contribution in [1.29, 1.82) is 0 Å². The quantitative estimate of drug-likeness (QED) is 0.322. The van der Waals surface area contributed by atoms with Crippen molar-refractivity contribution in [2.45, 2.75) is 12.8 Å². The van der Waals surface area contributed by atoms with E-state index in [9.17, 15) is 8.78 Å². The summed E-state index contributed by atoms with van der Waals surface area (Å²) in [4.78, 5) is 0. The molecule has 0 aliphatic rings. The van der Waals surface area contributed by atoms with Crippen molar-refractivity contribution in [3.8, 4) is 11.8 Å². The lowest BCUT2D eigenvalue weighted by atomic mass is 10.2. The van der Waals surface area contributed by atoms with Crippen LogP contribution < -0.4 is 0 Å². The molecule has 0 saturated heterocycles. The van der Waals surface area contributed by atoms with Gasteiger partial charge in [-0.15, -0.1) is 11.6 Å². The van der Waals surface area contributed by atoms with Crippen molar-refractivity contribution in [3.05, 3.63) is 34.4 Å². The van der Waals surface area contributed by atoms with E-state index in [0.717, 1.165) is 18.6 Å². The second-order valence-electron chi connectivity index (χ2n) is 2.84. The Labute approximate surface area is 97.2 Å². The summed E-state index contributed by atoms with van der Waals surface area (Å²) in [6.45, 7) is 0. The maximum Gasteiger partial charge on any atom is 0.160 e. The number of alkyl halides is 1. The van der Waals surface area contributed by atoms with Gasteiger partial charge in [0.1, 0.15) is 0 Å². The molecule has 1 aromatic carbocycles. The average molecular weight is 249 g/mol. The predicted octanol–water partition coefficient (Wildman–Crippen LogP) is 3.99. The molecule has 1 rings (SSSR count). The Hall–Kier alpha value is -0.780. The molecule has 0 fully saturated rings. The van der Waals surface area contributed by atoms with Crippen molar-refractivity contribution in [2.75, 3.05) is 5.88 Å². The largest absolute Gasteiger partial charge is 0.204 e. The second-order valence-corrected chi connectivity index (χ2v) is 3.63. The molecule has 0 amide bonds. The Morgan fingerprint density at radius 3 is 2.53 bits per heavy atom. The van der Waals surface area contributed by atoms with Crippen LogP contribution in [0, 0.1) is 23.5 Å². The smallest absolute Gasteiger partial charge is 0.160 e. The highest BCUT2D eigenvalue weighted by atomic mass is 35.5. The maximum absolute atomic E-state index is 12.8. The third-order valence-corrected chi connectivity index (χ3v) is 2.25. The summed E-state index contributed by atoms with van der Waals surface area (Å²) in [6, 6.07) is 1.91. The molecule has 15 heavy (non-hydrogen) atoms. The summed E-state index contributed by atoms with van der Waals surface area (Å²) in [5.74, 6) is 4.07. The lowest BCUT2D eigenvalue weighted by Crippen LogP contribution is -1.87. The van der Waals surface area contributed by atoms with Crippen molar-refractivity contribution < 1.29 is 8.78 Å². The van der Waals surface area contributed by atoms with E-state index in [2.05, 4.69) is 11.8 Å². The first kappa shape index (κ1) is 12.3. The molecule has 0 radical (unpaired) electrons. The third-order valence-electron chi connectivity index (χ3n) is 1.67. The number of hydrogen-bond donors (Lipinski definition) is 0. The van der Waals surface area contributed by atoms with Gasteiger partial charge in [-0.1, -0.05) is 23.4 Å². The zero-order valence-electron chi connectivity index (χ0n) is 7.79. The molecule has 0 unspecified atom stereocenters. The van der Waals surface area contributed by atoms with Crippen LogP contribution in [0.5, 0.6) is 0 Å². The molecule has 0 saturated carbocycles. The molecule has 4 heteroatoms. The minimum atomic E-state index is -0.966. The molecule has 0 aliphatic heterocycles. The van der Waals surface area contributed by atoms with Crippen molar-refractivity contribution >= 4 is 23.2 Å². The Kier molecular flexibility index (Phi) is 4.87. The van der Waals surface area contributed by atoms with Crippen LogP contribution in [0.25, 0.3) is 0 Å². The van der Waals surface area contributed by atoms with Gasteiger partial charge in [-0.25, -0.2) is 8.78 Å². The average Bonchev–Trinajstić information content (AvgIpc) is 2.20. The molecule has 0 spiro atoms. The lowest BCUT2D eigenvalue weighted by molar-refractivity contribution is 0.508. The minimum Gasteiger partial charge on any atom is -0.204 e. The van der Waals surface area contributed by atoms with Crippen molar-refractivity contribution in [3.63, 3.8) is 0 Å². The zero-order valence-corrected chi connectivity index (χ0v) is 9.30. The van der Waals surface area contributed by atoms with E-state index in [-0.39, 0.29) is 5.02 Å². The number of rotatable bonds is 2. The summed E-state index contributed by atoms with van der Waals surface area (Å²) in [6.07, 6.45) is 1.37. The summed E-state index contributed by atoms with van der Waals surface area (Å²) >= 11 is 11.1. The topological polar surface area (TPSA) is 0 Å². The van der Waals surface area contributed by atoms with E-state index in [4.69, 9.17) is 23.2 Å². The van der Waals surface area contributed by atoms with Gasteiger partial charge < -0.3 is 0 Å². The van der Waals surface area contributed by atoms with E-state index in [1.807, 2.05) is 0 Å². The van der Waals surface area contributed by atoms with Crippen LogP contribution in [0.4, 0.5) is 8.78 Å². The molecule has 0 bridgehead atoms. The Morgan fingerprint density at radius 1 is 1.20 bits per heavy atom. The second kappa shape index (κ2) is 5.95. The highest BCUT2D eigenvalue weighted by molar-refractivity contribution is 6.31. The molecule has 80 valence electrons. The van der Waals surface area contributed by atoms with E-state index < -0.39 is 11.6 Å². The van der Waals surface area contributed by atoms with Crippen LogP contribution in [0.15, 0.2) is 12.1 Å². The third kappa shape index (κ3) is 3.70. The molecule has 0 N–H and O–H groups in total. The van der Waals surface area contributed by atoms with Crippen molar-refractivity contribution in [2.24, 2.45) is 0 Å². The monoisotopic (exact) mass is 248 g/mol. The Bertz CT molecular complexity index is 405. The molecule has 1 aromatic rings. The van der Waals surface area contributed by atoms with E-state index in [1.165, 1.54) is 0 Å². The fourth-order valence-electron chi connectivity index (χ4n) is 0.931. The van der Waals surface area contributed by atoms with Gasteiger partial charge >= 0.3 is 0 Å². The number of unbranched alkanes of at least 4 members (excludes halogenated alkanes) is 1. The summed E-state index contributed by atoms with van der Waals surface area (Å²) in [5.41, 5.74) is 0.296. The van der Waals surface area contributed by atoms with E-state index >= 15 is 0 Å². The van der Waals surface area contributed by atoms with Gasteiger partial charge in [0, 0.05) is 17.9 Å². The fourth-order valence-corrected chi connectivity index (χ4v) is 1.26. The van der Waals surface area contributed by atoms with Gasteiger partial charge in [0.2, 0.25) is 0 Å². The van der Waals surface area contributed by atoms with Crippen LogP contribution in [-0.4, -0.2) is 5.88 Å². The summed E-state index contributed by atoms with van der Waals surface area (Å²) in [5, 5.41) is 0.118. The van der Waals surface area contributed by atoms with Crippen LogP contribution in [-0.2, 0) is 0 Å². The molecule has 0 atom stereocenters. The van der Waals surface area contributed by atoms with Crippen LogP contribution in [0.1, 0.15) is 18.4 Å². The minimum absolute atomic E-state index is 0.118. The number of benzene rings is 1. The summed E-state index contributed by atoms with van der Waals surface area (Å²) < 4.78 is 25.5. The van der Waals surface area contributed by atoms with Crippen molar-refractivity contribution in [1.82, 2.24) is 0 Å². The van der Waals surface area contributed by atoms with E-state index in [1.54, 1.807) is 0 Å². The Morgan fingerprint density at radius 2 is 1.87 bits per heavy atom. The lowest BCUT2D eigenvalue weighted by Gasteiger charge is -1.97. The van der Waals surface area contributed by atoms with Gasteiger partial charge in [-0.3, -0.25) is 0 Å². The molecule has 0 aromatic heterocycles. The van der Waals surface area contributed by atoms with Gasteiger partial charge in [0.15, 0.2) is 11.6 Å². The molecule has 0 heterocycles. The van der Waals surface area contributed by atoms with Gasteiger partial charge in [-0.2, -0.15) is 0 Å². The first-order valence-corrected chi connectivity index (χ1v) is 5.25. The fraction of sp³-hybridized carbons (Fsp3) is 0.273. The van der Waals surface area contributed by atoms with Gasteiger partial charge in [0.25, 0.3) is 0 Å². The molecule has 0 nitrogen and oxygen atoms in total. The number of halogens is 4. The van der Waals surface area contributed by atoms with Crippen LogP contribution in [0.2, 0.25) is 5.02 Å². The predicted molar refractivity (Wildman–Crippen MR) is 58.2 cm³/mol. The van der Waals surface area contributed by atoms with E-state index in [0.29, 0.717) is 17.9 Å². The maximum atomic E-state index is 12.8. The first-order valence-electron chi connectivity index (χ1n) is 4.34. The normalized spacial score (nSPS) is 9.60. The zero-order chi connectivity index (χ0) is 11.3. The standard InChI is InChI=1S/C11H8Cl2F2/c12-5-3-1-2-4-8-6-10(14)11(15)7-9(8)13/h6-7H,1,3,5H2. The number of hydrogen-bond acceptors (Lipinski definition) is 0. The SMILES string of the molecule is Fc1cc(Cl)c(C#CCCCCl)cc1F. The van der Waals surface area contributed by atoms with Crippen LogP contribution in [0.3, 0.4) is 0 Å². The molecule has 0 aliphatic carbocycles. The van der Waals surface area contributed by atoms with Gasteiger partial charge in [-0.05, 0) is 18.6 Å². The summed E-state index contributed by atoms with van der Waals surface area (Å²) in [7, 11) is 0. The van der Waals surface area contributed by atoms with Gasteiger partial charge in [0.05, 0.1) is 5.02 Å². The van der Waals surface area contributed by atoms with Crippen LogP contribution >= 0.6 is 23.2 Å². The highest BCUT2D eigenvalue weighted by Crippen LogP contribution is 2.18. The highest BCUT2D eigenvalue weighted by Gasteiger charge is 2.05. The first-order chi connectivity index (χ1) is 7.15. The Balaban J connectivity index is 2.84. The molecular formula is C11H8Cl2F2. The molecular weight excluding hydrogens is 241 g/mol.